The summed E-state index contributed by atoms with van der Waals surface area (Å²) in [5.41, 5.74) is 3.18. The second-order valence-corrected chi connectivity index (χ2v) is 5.63. The molecule has 1 heterocycles. The van der Waals surface area contributed by atoms with Gasteiger partial charge in [0.05, 0.1) is 17.1 Å². The van der Waals surface area contributed by atoms with E-state index in [2.05, 4.69) is 31.2 Å². The molecule has 1 unspecified atom stereocenters. The maximum Gasteiger partial charge on any atom is 0.323 e. The Morgan fingerprint density at radius 3 is 2.62 bits per heavy atom. The van der Waals surface area contributed by atoms with Gasteiger partial charge in [0.25, 0.3) is 0 Å². The zero-order valence-electron chi connectivity index (χ0n) is 11.2. The number of halogens is 2. The van der Waals surface area contributed by atoms with E-state index in [0.717, 1.165) is 22.2 Å². The number of rotatable bonds is 3. The summed E-state index contributed by atoms with van der Waals surface area (Å²) in [6, 6.07) is 10.2. The predicted octanol–water partition coefficient (Wildman–Crippen LogP) is 3.07. The van der Waals surface area contributed by atoms with Gasteiger partial charge in [-0.1, -0.05) is 28.1 Å². The van der Waals surface area contributed by atoms with Crippen LogP contribution < -0.4 is 11.0 Å². The van der Waals surface area contributed by atoms with Crippen molar-refractivity contribution < 1.29 is 4.39 Å². The Kier molecular flexibility index (Phi) is 3.65. The number of hydrogen-bond donors (Lipinski definition) is 3. The van der Waals surface area contributed by atoms with Gasteiger partial charge >= 0.3 is 5.69 Å². The molecular formula is C15H13BrFN3O. The van der Waals surface area contributed by atoms with Crippen LogP contribution in [0.5, 0.6) is 0 Å². The molecule has 0 amide bonds. The van der Waals surface area contributed by atoms with E-state index in [1.54, 1.807) is 6.07 Å². The van der Waals surface area contributed by atoms with E-state index >= 15 is 0 Å². The molecule has 0 bridgehead atoms. The maximum absolute atomic E-state index is 13.2. The van der Waals surface area contributed by atoms with Gasteiger partial charge in [-0.3, -0.25) is 0 Å². The van der Waals surface area contributed by atoms with Crippen molar-refractivity contribution in [2.24, 2.45) is 0 Å². The summed E-state index contributed by atoms with van der Waals surface area (Å²) in [7, 11) is 1.84. The monoisotopic (exact) mass is 349 g/mol. The summed E-state index contributed by atoms with van der Waals surface area (Å²) in [5.74, 6) is -0.286. The zero-order valence-corrected chi connectivity index (χ0v) is 12.8. The van der Waals surface area contributed by atoms with Gasteiger partial charge in [-0.25, -0.2) is 9.18 Å². The quantitative estimate of drug-likeness (QED) is 0.680. The lowest BCUT2D eigenvalue weighted by Crippen LogP contribution is -2.18. The molecule has 2 aromatic carbocycles. The second-order valence-electron chi connectivity index (χ2n) is 4.77. The van der Waals surface area contributed by atoms with Crippen molar-refractivity contribution in [3.05, 3.63) is 68.3 Å². The van der Waals surface area contributed by atoms with Gasteiger partial charge in [-0.2, -0.15) is 0 Å². The Bertz CT molecular complexity index is 855. The molecule has 0 aliphatic heterocycles. The SMILES string of the molecule is CNC(c1ccc2[nH]c(=O)[nH]c2c1)c1ccc(F)cc1Br. The van der Waals surface area contributed by atoms with E-state index in [0.29, 0.717) is 4.47 Å². The third-order valence-electron chi connectivity index (χ3n) is 3.44. The Hall–Kier alpha value is -1.92. The molecule has 0 fully saturated rings. The number of aromatic nitrogens is 2. The van der Waals surface area contributed by atoms with Gasteiger partial charge in [0.15, 0.2) is 0 Å². The van der Waals surface area contributed by atoms with E-state index < -0.39 is 0 Å². The van der Waals surface area contributed by atoms with Gasteiger partial charge < -0.3 is 15.3 Å². The molecule has 1 atom stereocenters. The lowest BCUT2D eigenvalue weighted by atomic mass is 9.98. The fraction of sp³-hybridized carbons (Fsp3) is 0.133. The molecule has 0 radical (unpaired) electrons. The molecule has 108 valence electrons. The fourth-order valence-corrected chi connectivity index (χ4v) is 3.05. The van der Waals surface area contributed by atoms with Crippen LogP contribution in [-0.2, 0) is 0 Å². The molecule has 4 nitrogen and oxygen atoms in total. The Morgan fingerprint density at radius 1 is 1.14 bits per heavy atom. The molecule has 21 heavy (non-hydrogen) atoms. The van der Waals surface area contributed by atoms with Gasteiger partial charge in [0, 0.05) is 4.47 Å². The first-order chi connectivity index (χ1) is 10.1. The van der Waals surface area contributed by atoms with Crippen molar-refractivity contribution in [3.8, 4) is 0 Å². The van der Waals surface area contributed by atoms with Gasteiger partial charge in [-0.05, 0) is 42.4 Å². The number of imidazole rings is 1. The number of benzene rings is 2. The largest absolute Gasteiger partial charge is 0.323 e. The van der Waals surface area contributed by atoms with Crippen LogP contribution in [0.3, 0.4) is 0 Å². The summed E-state index contributed by atoms with van der Waals surface area (Å²) in [6.07, 6.45) is 0. The minimum Gasteiger partial charge on any atom is -0.309 e. The van der Waals surface area contributed by atoms with E-state index in [-0.39, 0.29) is 17.5 Å². The zero-order chi connectivity index (χ0) is 15.0. The van der Waals surface area contributed by atoms with Crippen LogP contribution in [0.2, 0.25) is 0 Å². The molecule has 6 heteroatoms. The molecule has 3 rings (SSSR count). The number of H-pyrrole nitrogens is 2. The lowest BCUT2D eigenvalue weighted by molar-refractivity contribution is 0.621. The minimum atomic E-state index is -0.286. The Labute approximate surface area is 128 Å². The summed E-state index contributed by atoms with van der Waals surface area (Å²) >= 11 is 3.40. The standard InChI is InChI=1S/C15H13BrFN3O/c1-18-14(10-4-3-9(17)7-11(10)16)8-2-5-12-13(6-8)20-15(21)19-12/h2-7,14,18H,1H3,(H2,19,20,21). The van der Waals surface area contributed by atoms with Gasteiger partial charge in [0.2, 0.25) is 0 Å². The molecule has 0 saturated carbocycles. The average Bonchev–Trinajstić information content (AvgIpc) is 2.81. The smallest absolute Gasteiger partial charge is 0.309 e. The van der Waals surface area contributed by atoms with E-state index in [1.165, 1.54) is 12.1 Å². The van der Waals surface area contributed by atoms with Crippen molar-refractivity contribution in [2.45, 2.75) is 6.04 Å². The van der Waals surface area contributed by atoms with Crippen LogP contribution in [0.1, 0.15) is 17.2 Å². The number of nitrogens with one attached hydrogen (secondary N) is 3. The van der Waals surface area contributed by atoms with Crippen molar-refractivity contribution in [1.29, 1.82) is 0 Å². The Balaban J connectivity index is 2.10. The van der Waals surface area contributed by atoms with Gasteiger partial charge in [-0.15, -0.1) is 0 Å². The number of aromatic amines is 2. The molecule has 0 saturated heterocycles. The number of hydrogen-bond acceptors (Lipinski definition) is 2. The maximum atomic E-state index is 13.2. The third kappa shape index (κ3) is 2.64. The molecule has 0 aliphatic carbocycles. The summed E-state index contributed by atoms with van der Waals surface area (Å²) in [4.78, 5) is 16.8. The van der Waals surface area contributed by atoms with Crippen LogP contribution in [0.25, 0.3) is 11.0 Å². The minimum absolute atomic E-state index is 0.109. The first-order valence-electron chi connectivity index (χ1n) is 6.42. The summed E-state index contributed by atoms with van der Waals surface area (Å²) in [6.45, 7) is 0. The summed E-state index contributed by atoms with van der Waals surface area (Å²) in [5, 5.41) is 3.21. The highest BCUT2D eigenvalue weighted by Gasteiger charge is 2.16. The van der Waals surface area contributed by atoms with Crippen molar-refractivity contribution in [3.63, 3.8) is 0 Å². The van der Waals surface area contributed by atoms with Crippen LogP contribution in [0.4, 0.5) is 4.39 Å². The topological polar surface area (TPSA) is 60.7 Å². The van der Waals surface area contributed by atoms with Crippen molar-refractivity contribution >= 4 is 27.0 Å². The second kappa shape index (κ2) is 5.46. The predicted molar refractivity (Wildman–Crippen MR) is 83.9 cm³/mol. The van der Waals surface area contributed by atoms with E-state index in [1.807, 2.05) is 25.2 Å². The van der Waals surface area contributed by atoms with Crippen LogP contribution in [0, 0.1) is 5.82 Å². The highest BCUT2D eigenvalue weighted by atomic mass is 79.9. The normalized spacial score (nSPS) is 12.7. The first kappa shape index (κ1) is 14.0. The molecular weight excluding hydrogens is 337 g/mol. The van der Waals surface area contributed by atoms with Gasteiger partial charge in [0.1, 0.15) is 5.82 Å². The molecule has 3 aromatic rings. The van der Waals surface area contributed by atoms with Crippen molar-refractivity contribution in [2.75, 3.05) is 7.05 Å². The Morgan fingerprint density at radius 2 is 1.90 bits per heavy atom. The highest BCUT2D eigenvalue weighted by Crippen LogP contribution is 2.30. The van der Waals surface area contributed by atoms with Crippen LogP contribution in [0.15, 0.2) is 45.7 Å². The number of fused-ring (bicyclic) bond motifs is 1. The fourth-order valence-electron chi connectivity index (χ4n) is 2.47. The van der Waals surface area contributed by atoms with Crippen LogP contribution >= 0.6 is 15.9 Å². The molecule has 3 N–H and O–H groups in total. The van der Waals surface area contributed by atoms with Crippen LogP contribution in [-0.4, -0.2) is 17.0 Å². The average molecular weight is 350 g/mol. The molecule has 0 spiro atoms. The molecule has 0 aliphatic rings. The van der Waals surface area contributed by atoms with E-state index in [9.17, 15) is 9.18 Å². The first-order valence-corrected chi connectivity index (χ1v) is 7.22. The van der Waals surface area contributed by atoms with Crippen molar-refractivity contribution in [1.82, 2.24) is 15.3 Å². The molecule has 1 aromatic heterocycles. The summed E-state index contributed by atoms with van der Waals surface area (Å²) < 4.78 is 13.9. The van der Waals surface area contributed by atoms with E-state index in [4.69, 9.17) is 0 Å². The highest BCUT2D eigenvalue weighted by molar-refractivity contribution is 9.10. The third-order valence-corrected chi connectivity index (χ3v) is 4.12. The lowest BCUT2D eigenvalue weighted by Gasteiger charge is -2.19.